The summed E-state index contributed by atoms with van der Waals surface area (Å²) >= 11 is 0. The van der Waals surface area contributed by atoms with Crippen molar-refractivity contribution < 1.29 is 0 Å². The molecule has 2 unspecified atom stereocenters. The van der Waals surface area contributed by atoms with Gasteiger partial charge in [0.05, 0.1) is 27.8 Å². The third kappa shape index (κ3) is 4.50. The minimum atomic E-state index is -0.0828. The molecule has 278 valence electrons. The Bertz CT molecular complexity index is 3300. The third-order valence-corrected chi connectivity index (χ3v) is 13.8. The third-order valence-electron chi connectivity index (χ3n) is 13.8. The van der Waals surface area contributed by atoms with Crippen LogP contribution in [0.15, 0.2) is 158 Å². The highest BCUT2D eigenvalue weighted by atomic mass is 15.2. The number of rotatable bonds is 4. The monoisotopic (exact) mass is 747 g/mol. The molecule has 2 aliphatic rings. The van der Waals surface area contributed by atoms with Gasteiger partial charge in [0.1, 0.15) is 0 Å². The van der Waals surface area contributed by atoms with E-state index in [1.807, 2.05) is 24.3 Å². The zero-order valence-electron chi connectivity index (χ0n) is 33.0. The van der Waals surface area contributed by atoms with Crippen LogP contribution in [0.25, 0.3) is 89.2 Å². The number of para-hydroxylation sites is 2. The van der Waals surface area contributed by atoms with Crippen LogP contribution in [-0.2, 0) is 10.8 Å². The molecule has 0 bridgehead atoms. The number of hydrogen-bond acceptors (Lipinski definition) is 3. The fourth-order valence-electron chi connectivity index (χ4n) is 10.5. The zero-order valence-corrected chi connectivity index (χ0v) is 33.0. The van der Waals surface area contributed by atoms with E-state index in [0.717, 1.165) is 34.1 Å². The van der Waals surface area contributed by atoms with Crippen molar-refractivity contribution in [2.24, 2.45) is 5.92 Å². The quantitative estimate of drug-likeness (QED) is 0.180. The average Bonchev–Trinajstić information content (AvgIpc) is 3.77. The lowest BCUT2D eigenvalue weighted by Gasteiger charge is -2.50. The lowest BCUT2D eigenvalue weighted by atomic mass is 9.54. The zero-order chi connectivity index (χ0) is 38.9. The van der Waals surface area contributed by atoms with Crippen molar-refractivity contribution in [3.63, 3.8) is 0 Å². The van der Waals surface area contributed by atoms with Gasteiger partial charge < -0.3 is 4.57 Å². The van der Waals surface area contributed by atoms with Crippen molar-refractivity contribution in [1.29, 1.82) is 0 Å². The molecular weight excluding hydrogens is 707 g/mol. The standard InChI is InChI=1S/C53H41N5/c1-32-31-53(4)42-22-13-20-38-40-29-39-37-19-11-12-23-43(37)58(46(39)30-45(40)57(48(38)42)44-24-14-21-41(47(44)53)52(32,2)3)51-55-49(35-17-9-6-10-18-35)54-50(56-51)36-27-25-34(26-28-36)33-15-7-5-8-16-33/h5-30,32H,31H2,1-4H3. The van der Waals surface area contributed by atoms with Crippen molar-refractivity contribution in [3.8, 4) is 45.5 Å². The summed E-state index contributed by atoms with van der Waals surface area (Å²) in [5.74, 6) is 2.40. The molecule has 1 aliphatic heterocycles. The molecule has 2 atom stereocenters. The second kappa shape index (κ2) is 11.8. The van der Waals surface area contributed by atoms with Gasteiger partial charge in [0.15, 0.2) is 11.6 Å². The van der Waals surface area contributed by atoms with E-state index in [9.17, 15) is 0 Å². The van der Waals surface area contributed by atoms with Crippen LogP contribution in [0.4, 0.5) is 0 Å². The first kappa shape index (κ1) is 33.3. The molecule has 0 amide bonds. The van der Waals surface area contributed by atoms with E-state index in [0.29, 0.717) is 23.5 Å². The molecule has 0 fully saturated rings. The summed E-state index contributed by atoms with van der Waals surface area (Å²) < 4.78 is 4.82. The van der Waals surface area contributed by atoms with E-state index in [1.54, 1.807) is 0 Å². The number of nitrogens with zero attached hydrogens (tertiary/aromatic N) is 5. The van der Waals surface area contributed by atoms with Crippen LogP contribution in [0.1, 0.15) is 50.8 Å². The molecule has 12 rings (SSSR count). The maximum Gasteiger partial charge on any atom is 0.238 e. The van der Waals surface area contributed by atoms with E-state index < -0.39 is 0 Å². The van der Waals surface area contributed by atoms with Gasteiger partial charge in [-0.3, -0.25) is 4.57 Å². The number of benzene rings is 7. The molecule has 7 aromatic carbocycles. The maximum atomic E-state index is 5.31. The summed E-state index contributed by atoms with van der Waals surface area (Å²) in [7, 11) is 0. The molecule has 0 spiro atoms. The summed E-state index contributed by atoms with van der Waals surface area (Å²) in [5.41, 5.74) is 14.5. The summed E-state index contributed by atoms with van der Waals surface area (Å²) in [6.45, 7) is 9.80. The highest BCUT2D eigenvalue weighted by Crippen LogP contribution is 2.58. The van der Waals surface area contributed by atoms with Crippen LogP contribution >= 0.6 is 0 Å². The van der Waals surface area contributed by atoms with Crippen LogP contribution in [0, 0.1) is 5.92 Å². The molecule has 0 saturated carbocycles. The first-order chi connectivity index (χ1) is 28.3. The van der Waals surface area contributed by atoms with Gasteiger partial charge in [0.25, 0.3) is 0 Å². The van der Waals surface area contributed by atoms with Gasteiger partial charge in [-0.05, 0) is 69.8 Å². The molecule has 5 nitrogen and oxygen atoms in total. The van der Waals surface area contributed by atoms with Crippen LogP contribution in [0.3, 0.4) is 0 Å². The van der Waals surface area contributed by atoms with Crippen LogP contribution in [0.5, 0.6) is 0 Å². The Kier molecular flexibility index (Phi) is 6.80. The fourth-order valence-corrected chi connectivity index (χ4v) is 10.5. The SMILES string of the molecule is CC1CC2(C)c3c(cccc3C1(C)C)-n1c3cc4c(cc3c3cccc2c31)c1ccccc1n4-c1nc(-c2ccccc2)nc(-c2ccc(-c3ccccc3)cc2)n1. The van der Waals surface area contributed by atoms with Gasteiger partial charge in [-0.25, -0.2) is 4.98 Å². The molecule has 0 radical (unpaired) electrons. The Morgan fingerprint density at radius 2 is 1.05 bits per heavy atom. The molecule has 0 saturated heterocycles. The highest BCUT2D eigenvalue weighted by Gasteiger charge is 2.49. The molecule has 10 aromatic rings. The van der Waals surface area contributed by atoms with Gasteiger partial charge in [0.2, 0.25) is 5.95 Å². The Labute approximate surface area is 337 Å². The summed E-state index contributed by atoms with van der Waals surface area (Å²) in [5, 5.41) is 4.91. The molecule has 4 heterocycles. The number of aromatic nitrogens is 5. The Morgan fingerprint density at radius 3 is 1.81 bits per heavy atom. The molecule has 3 aromatic heterocycles. The first-order valence-electron chi connectivity index (χ1n) is 20.4. The van der Waals surface area contributed by atoms with E-state index in [-0.39, 0.29) is 10.8 Å². The van der Waals surface area contributed by atoms with Crippen molar-refractivity contribution in [2.45, 2.75) is 44.9 Å². The predicted molar refractivity (Wildman–Crippen MR) is 238 cm³/mol. The fraction of sp³-hybridized carbons (Fsp3) is 0.151. The van der Waals surface area contributed by atoms with Crippen molar-refractivity contribution >= 4 is 43.6 Å². The topological polar surface area (TPSA) is 48.5 Å². The first-order valence-corrected chi connectivity index (χ1v) is 20.4. The van der Waals surface area contributed by atoms with Gasteiger partial charge >= 0.3 is 0 Å². The number of hydrogen-bond donors (Lipinski definition) is 0. The van der Waals surface area contributed by atoms with E-state index >= 15 is 0 Å². The Morgan fingerprint density at radius 1 is 0.483 bits per heavy atom. The molecule has 1 aliphatic carbocycles. The Balaban J connectivity index is 1.15. The molecule has 0 N–H and O–H groups in total. The lowest BCUT2D eigenvalue weighted by Crippen LogP contribution is -2.44. The minimum Gasteiger partial charge on any atom is -0.309 e. The second-order valence-corrected chi connectivity index (χ2v) is 17.2. The van der Waals surface area contributed by atoms with Gasteiger partial charge in [-0.2, -0.15) is 9.97 Å². The van der Waals surface area contributed by atoms with Crippen molar-refractivity contribution in [2.75, 3.05) is 0 Å². The van der Waals surface area contributed by atoms with E-state index in [1.165, 1.54) is 60.5 Å². The lowest BCUT2D eigenvalue weighted by molar-refractivity contribution is 0.244. The Hall–Kier alpha value is -6.85. The molecule has 58 heavy (non-hydrogen) atoms. The minimum absolute atomic E-state index is 0.0631. The van der Waals surface area contributed by atoms with Gasteiger partial charge in [0, 0.05) is 38.1 Å². The van der Waals surface area contributed by atoms with E-state index in [4.69, 9.17) is 15.0 Å². The second-order valence-electron chi connectivity index (χ2n) is 17.2. The van der Waals surface area contributed by atoms with Crippen molar-refractivity contribution in [1.82, 2.24) is 24.1 Å². The van der Waals surface area contributed by atoms with Crippen LogP contribution in [-0.4, -0.2) is 24.1 Å². The summed E-state index contributed by atoms with van der Waals surface area (Å²) in [6, 6.07) is 56.8. The van der Waals surface area contributed by atoms with Crippen LogP contribution < -0.4 is 0 Å². The molecule has 5 heteroatoms. The summed E-state index contributed by atoms with van der Waals surface area (Å²) in [6.07, 6.45) is 1.11. The number of fused-ring (bicyclic) bond motifs is 8. The van der Waals surface area contributed by atoms with Gasteiger partial charge in [-0.1, -0.05) is 161 Å². The maximum absolute atomic E-state index is 5.31. The highest BCUT2D eigenvalue weighted by molar-refractivity contribution is 6.20. The average molecular weight is 748 g/mol. The smallest absolute Gasteiger partial charge is 0.238 e. The van der Waals surface area contributed by atoms with Gasteiger partial charge in [-0.15, -0.1) is 0 Å². The summed E-state index contributed by atoms with van der Waals surface area (Å²) in [4.78, 5) is 15.7. The van der Waals surface area contributed by atoms with E-state index in [2.05, 4.69) is 170 Å². The normalized spacial score (nSPS) is 18.0. The van der Waals surface area contributed by atoms with Crippen molar-refractivity contribution in [3.05, 3.63) is 174 Å². The van der Waals surface area contributed by atoms with Crippen LogP contribution in [0.2, 0.25) is 0 Å². The predicted octanol–water partition coefficient (Wildman–Crippen LogP) is 13.0. The largest absolute Gasteiger partial charge is 0.309 e. The molecular formula is C53H41N5.